The zero-order valence-electron chi connectivity index (χ0n) is 10.4. The van der Waals surface area contributed by atoms with Gasteiger partial charge in [-0.15, -0.1) is 0 Å². The molecule has 3 N–H and O–H groups in total. The van der Waals surface area contributed by atoms with Crippen molar-refractivity contribution in [1.82, 2.24) is 5.32 Å². The van der Waals surface area contributed by atoms with Crippen LogP contribution < -0.4 is 11.1 Å². The molecule has 0 radical (unpaired) electrons. The largest absolute Gasteiger partial charge is 0.393 e. The summed E-state index contributed by atoms with van der Waals surface area (Å²) in [5.41, 5.74) is 6.95. The van der Waals surface area contributed by atoms with Crippen LogP contribution >= 0.6 is 12.2 Å². The lowest BCUT2D eigenvalue weighted by molar-refractivity contribution is 0.0945. The molecule has 92 valence electrons. The maximum atomic E-state index is 11.9. The molecule has 0 fully saturated rings. The Morgan fingerprint density at radius 2 is 2.12 bits per heavy atom. The molecule has 0 aromatic heterocycles. The third kappa shape index (κ3) is 3.82. The van der Waals surface area contributed by atoms with Gasteiger partial charge in [-0.05, 0) is 19.1 Å². The van der Waals surface area contributed by atoms with Crippen molar-refractivity contribution in [1.29, 1.82) is 0 Å². The molecular weight excluding hydrogens is 232 g/mol. The van der Waals surface area contributed by atoms with E-state index in [-0.39, 0.29) is 11.3 Å². The van der Waals surface area contributed by atoms with Crippen molar-refractivity contribution >= 4 is 23.1 Å². The maximum absolute atomic E-state index is 11.9. The van der Waals surface area contributed by atoms with Gasteiger partial charge >= 0.3 is 0 Å². The minimum Gasteiger partial charge on any atom is -0.393 e. The molecule has 0 aliphatic rings. The molecule has 0 unspecified atom stereocenters. The minimum atomic E-state index is -0.366. The van der Waals surface area contributed by atoms with E-state index in [1.165, 1.54) is 0 Å². The fourth-order valence-corrected chi connectivity index (χ4v) is 1.35. The quantitative estimate of drug-likeness (QED) is 0.804. The molecule has 1 aromatic rings. The normalized spacial score (nSPS) is 11.0. The first-order valence-electron chi connectivity index (χ1n) is 5.48. The standard InChI is InChI=1S/C13H18N2OS/c1-9-5-4-6-10(7-9)11(16)15-8-13(2,3)12(14)17/h4-7H,8H2,1-3H3,(H2,14,17)(H,15,16). The summed E-state index contributed by atoms with van der Waals surface area (Å²) in [5, 5.41) is 2.84. The topological polar surface area (TPSA) is 55.1 Å². The molecule has 0 bridgehead atoms. The Kier molecular flexibility index (Phi) is 4.23. The first kappa shape index (κ1) is 13.6. The van der Waals surface area contributed by atoms with Crippen LogP contribution in [0.25, 0.3) is 0 Å². The fraction of sp³-hybridized carbons (Fsp3) is 0.385. The minimum absolute atomic E-state index is 0.0991. The van der Waals surface area contributed by atoms with Gasteiger partial charge in [0.25, 0.3) is 5.91 Å². The summed E-state index contributed by atoms with van der Waals surface area (Å²) in [6.07, 6.45) is 0. The molecule has 0 saturated heterocycles. The lowest BCUT2D eigenvalue weighted by Crippen LogP contribution is -2.41. The molecule has 0 spiro atoms. The van der Waals surface area contributed by atoms with Crippen molar-refractivity contribution in [3.63, 3.8) is 0 Å². The predicted octanol–water partition coefficient (Wildman–Crippen LogP) is 2.04. The van der Waals surface area contributed by atoms with Crippen LogP contribution in [0.5, 0.6) is 0 Å². The van der Waals surface area contributed by atoms with Crippen molar-refractivity contribution < 1.29 is 4.79 Å². The number of carbonyl (C=O) groups excluding carboxylic acids is 1. The van der Waals surface area contributed by atoms with Gasteiger partial charge in [-0.25, -0.2) is 0 Å². The first-order chi connectivity index (χ1) is 7.83. The van der Waals surface area contributed by atoms with E-state index in [0.29, 0.717) is 17.1 Å². The van der Waals surface area contributed by atoms with E-state index >= 15 is 0 Å². The fourth-order valence-electron chi connectivity index (χ4n) is 1.28. The number of nitrogens with two attached hydrogens (primary N) is 1. The number of benzene rings is 1. The second kappa shape index (κ2) is 5.27. The Balaban J connectivity index is 2.65. The summed E-state index contributed by atoms with van der Waals surface area (Å²) in [7, 11) is 0. The Hall–Kier alpha value is -1.42. The van der Waals surface area contributed by atoms with Gasteiger partial charge in [-0.1, -0.05) is 43.8 Å². The summed E-state index contributed by atoms with van der Waals surface area (Å²) < 4.78 is 0. The van der Waals surface area contributed by atoms with Crippen LogP contribution in [-0.2, 0) is 0 Å². The summed E-state index contributed by atoms with van der Waals surface area (Å²) in [4.78, 5) is 12.3. The van der Waals surface area contributed by atoms with Crippen molar-refractivity contribution in [2.75, 3.05) is 6.54 Å². The van der Waals surface area contributed by atoms with E-state index in [9.17, 15) is 4.79 Å². The number of nitrogens with one attached hydrogen (secondary N) is 1. The van der Waals surface area contributed by atoms with E-state index in [4.69, 9.17) is 18.0 Å². The molecule has 1 aromatic carbocycles. The summed E-state index contributed by atoms with van der Waals surface area (Å²) >= 11 is 4.95. The molecule has 3 nitrogen and oxygen atoms in total. The first-order valence-corrected chi connectivity index (χ1v) is 5.88. The number of hydrogen-bond donors (Lipinski definition) is 2. The second-order valence-corrected chi connectivity index (χ2v) is 5.24. The predicted molar refractivity (Wildman–Crippen MR) is 74.1 cm³/mol. The highest BCUT2D eigenvalue weighted by Gasteiger charge is 2.22. The zero-order valence-corrected chi connectivity index (χ0v) is 11.2. The highest BCUT2D eigenvalue weighted by atomic mass is 32.1. The summed E-state index contributed by atoms with van der Waals surface area (Å²) in [6.45, 7) is 6.21. The van der Waals surface area contributed by atoms with Gasteiger partial charge in [0.1, 0.15) is 0 Å². The SMILES string of the molecule is Cc1cccc(C(=O)NCC(C)(C)C(N)=S)c1. The third-order valence-corrected chi connectivity index (χ3v) is 3.19. The summed E-state index contributed by atoms with van der Waals surface area (Å²) in [6, 6.07) is 7.46. The van der Waals surface area contributed by atoms with Crippen molar-refractivity contribution in [3.05, 3.63) is 35.4 Å². The summed E-state index contributed by atoms with van der Waals surface area (Å²) in [5.74, 6) is -0.0991. The molecular formula is C13H18N2OS. The average molecular weight is 250 g/mol. The number of amides is 1. The average Bonchev–Trinajstić information content (AvgIpc) is 2.25. The molecule has 1 rings (SSSR count). The highest BCUT2D eigenvalue weighted by Crippen LogP contribution is 2.14. The van der Waals surface area contributed by atoms with Gasteiger partial charge in [0.15, 0.2) is 0 Å². The number of aryl methyl sites for hydroxylation is 1. The van der Waals surface area contributed by atoms with Gasteiger partial charge in [-0.3, -0.25) is 4.79 Å². The maximum Gasteiger partial charge on any atom is 0.251 e. The van der Waals surface area contributed by atoms with E-state index < -0.39 is 0 Å². The van der Waals surface area contributed by atoms with E-state index in [1.54, 1.807) is 6.07 Å². The van der Waals surface area contributed by atoms with E-state index in [0.717, 1.165) is 5.56 Å². The van der Waals surface area contributed by atoms with Gasteiger partial charge in [0.2, 0.25) is 0 Å². The highest BCUT2D eigenvalue weighted by molar-refractivity contribution is 7.80. The van der Waals surface area contributed by atoms with E-state index in [1.807, 2.05) is 39.0 Å². The lowest BCUT2D eigenvalue weighted by atomic mass is 9.93. The number of hydrogen-bond acceptors (Lipinski definition) is 2. The molecule has 0 aliphatic heterocycles. The second-order valence-electron chi connectivity index (χ2n) is 4.80. The van der Waals surface area contributed by atoms with Crippen molar-refractivity contribution in [2.24, 2.45) is 11.1 Å². The van der Waals surface area contributed by atoms with Gasteiger partial charge < -0.3 is 11.1 Å². The smallest absolute Gasteiger partial charge is 0.251 e. The molecule has 17 heavy (non-hydrogen) atoms. The van der Waals surface area contributed by atoms with Crippen LogP contribution in [0, 0.1) is 12.3 Å². The van der Waals surface area contributed by atoms with Crippen LogP contribution in [0.15, 0.2) is 24.3 Å². The molecule has 0 heterocycles. The Morgan fingerprint density at radius 3 is 2.65 bits per heavy atom. The Morgan fingerprint density at radius 1 is 1.47 bits per heavy atom. The van der Waals surface area contributed by atoms with Gasteiger partial charge in [0.05, 0.1) is 4.99 Å². The molecule has 0 atom stereocenters. The molecule has 0 saturated carbocycles. The van der Waals surface area contributed by atoms with Crippen LogP contribution in [0.3, 0.4) is 0 Å². The monoisotopic (exact) mass is 250 g/mol. The van der Waals surface area contributed by atoms with Crippen LogP contribution in [-0.4, -0.2) is 17.4 Å². The van der Waals surface area contributed by atoms with Crippen LogP contribution in [0.2, 0.25) is 0 Å². The van der Waals surface area contributed by atoms with Crippen molar-refractivity contribution in [3.8, 4) is 0 Å². The number of rotatable bonds is 4. The zero-order chi connectivity index (χ0) is 13.1. The van der Waals surface area contributed by atoms with Crippen LogP contribution in [0.4, 0.5) is 0 Å². The molecule has 4 heteroatoms. The lowest BCUT2D eigenvalue weighted by Gasteiger charge is -2.23. The van der Waals surface area contributed by atoms with Crippen LogP contribution in [0.1, 0.15) is 29.8 Å². The Labute approximate surface area is 107 Å². The number of carbonyl (C=O) groups is 1. The van der Waals surface area contributed by atoms with Gasteiger partial charge in [-0.2, -0.15) is 0 Å². The van der Waals surface area contributed by atoms with Crippen molar-refractivity contribution in [2.45, 2.75) is 20.8 Å². The van der Waals surface area contributed by atoms with E-state index in [2.05, 4.69) is 5.32 Å². The Bertz CT molecular complexity index is 441. The molecule has 0 aliphatic carbocycles. The third-order valence-electron chi connectivity index (χ3n) is 2.64. The molecule has 1 amide bonds. The van der Waals surface area contributed by atoms with Gasteiger partial charge in [0, 0.05) is 17.5 Å². The number of thiocarbonyl (C=S) groups is 1.